The van der Waals surface area contributed by atoms with Gasteiger partial charge < -0.3 is 10.1 Å². The van der Waals surface area contributed by atoms with Gasteiger partial charge in [0.1, 0.15) is 12.4 Å². The third-order valence-electron chi connectivity index (χ3n) is 3.21. The van der Waals surface area contributed by atoms with Gasteiger partial charge in [-0.15, -0.1) is 0 Å². The Morgan fingerprint density at radius 2 is 2.09 bits per heavy atom. The van der Waals surface area contributed by atoms with Gasteiger partial charge in [-0.25, -0.2) is 4.39 Å². The minimum Gasteiger partial charge on any atom is -0.454 e. The Morgan fingerprint density at radius 1 is 1.30 bits per heavy atom. The van der Waals surface area contributed by atoms with Crippen molar-refractivity contribution < 1.29 is 28.3 Å². The maximum atomic E-state index is 13.0. The molecule has 1 aromatic carbocycles. The molecular formula is C15H15FN2O5. The zero-order chi connectivity index (χ0) is 16.8. The number of halogens is 1. The van der Waals surface area contributed by atoms with Crippen LogP contribution in [0.15, 0.2) is 24.3 Å². The number of carbonyl (C=O) groups is 4. The van der Waals surface area contributed by atoms with Gasteiger partial charge in [-0.2, -0.15) is 0 Å². The largest absolute Gasteiger partial charge is 0.454 e. The van der Waals surface area contributed by atoms with Gasteiger partial charge in [-0.3, -0.25) is 24.1 Å². The molecule has 0 aromatic heterocycles. The lowest BCUT2D eigenvalue weighted by atomic mass is 10.2. The van der Waals surface area contributed by atoms with Gasteiger partial charge in [0.25, 0.3) is 11.8 Å². The normalized spacial score (nSPS) is 13.8. The molecule has 7 nitrogen and oxygen atoms in total. The summed E-state index contributed by atoms with van der Waals surface area (Å²) in [6, 6.07) is 4.99. The number of carbonyl (C=O) groups excluding carboxylic acids is 4. The molecule has 0 saturated carbocycles. The van der Waals surface area contributed by atoms with Crippen LogP contribution in [0.1, 0.15) is 23.2 Å². The molecule has 23 heavy (non-hydrogen) atoms. The van der Waals surface area contributed by atoms with Gasteiger partial charge in [0.15, 0.2) is 6.61 Å². The van der Waals surface area contributed by atoms with Crippen LogP contribution in [0.25, 0.3) is 0 Å². The SMILES string of the molecule is O=C(CNC(=O)c1cccc(F)c1)OCC(=O)N1CCCC1=O. The number of likely N-dealkylation sites (tertiary alicyclic amines) is 1. The van der Waals surface area contributed by atoms with E-state index in [1.807, 2.05) is 0 Å². The highest BCUT2D eigenvalue weighted by Crippen LogP contribution is 2.09. The average Bonchev–Trinajstić information content (AvgIpc) is 2.96. The lowest BCUT2D eigenvalue weighted by Gasteiger charge is -2.13. The van der Waals surface area contributed by atoms with Crippen LogP contribution in [-0.4, -0.2) is 48.3 Å². The van der Waals surface area contributed by atoms with Crippen molar-refractivity contribution in [3.63, 3.8) is 0 Å². The van der Waals surface area contributed by atoms with Crippen molar-refractivity contribution in [2.75, 3.05) is 19.7 Å². The number of amides is 3. The molecule has 122 valence electrons. The van der Waals surface area contributed by atoms with Crippen molar-refractivity contribution in [1.82, 2.24) is 10.2 Å². The van der Waals surface area contributed by atoms with Gasteiger partial charge >= 0.3 is 5.97 Å². The van der Waals surface area contributed by atoms with E-state index in [9.17, 15) is 23.6 Å². The fourth-order valence-electron chi connectivity index (χ4n) is 2.07. The van der Waals surface area contributed by atoms with Crippen LogP contribution in [0.3, 0.4) is 0 Å². The first-order valence-electron chi connectivity index (χ1n) is 7.00. The van der Waals surface area contributed by atoms with E-state index in [1.165, 1.54) is 18.2 Å². The van der Waals surface area contributed by atoms with Crippen molar-refractivity contribution in [2.45, 2.75) is 12.8 Å². The molecule has 3 amide bonds. The molecule has 1 N–H and O–H groups in total. The number of imide groups is 1. The molecule has 0 bridgehead atoms. The van der Waals surface area contributed by atoms with E-state index in [0.29, 0.717) is 19.4 Å². The quantitative estimate of drug-likeness (QED) is 0.784. The fraction of sp³-hybridized carbons (Fsp3) is 0.333. The van der Waals surface area contributed by atoms with E-state index in [1.54, 1.807) is 0 Å². The Balaban J connectivity index is 1.73. The summed E-state index contributed by atoms with van der Waals surface area (Å²) in [6.45, 7) is -0.692. The standard InChI is InChI=1S/C15H15FN2O5/c16-11-4-1-3-10(7-11)15(22)17-8-14(21)23-9-13(20)18-6-2-5-12(18)19/h1,3-4,7H,2,5-6,8-9H2,(H,17,22). The molecule has 1 aliphatic rings. The van der Waals surface area contributed by atoms with Crippen LogP contribution >= 0.6 is 0 Å². The molecular weight excluding hydrogens is 307 g/mol. The minimum atomic E-state index is -0.824. The highest BCUT2D eigenvalue weighted by molar-refractivity contribution is 5.98. The summed E-state index contributed by atoms with van der Waals surface area (Å²) in [6.07, 6.45) is 0.908. The van der Waals surface area contributed by atoms with Gasteiger partial charge in [0.05, 0.1) is 0 Å². The van der Waals surface area contributed by atoms with Crippen molar-refractivity contribution in [3.8, 4) is 0 Å². The Morgan fingerprint density at radius 3 is 2.74 bits per heavy atom. The van der Waals surface area contributed by atoms with E-state index in [0.717, 1.165) is 11.0 Å². The Kier molecular flexibility index (Phi) is 5.40. The molecule has 1 heterocycles. The van der Waals surface area contributed by atoms with Gasteiger partial charge in [-0.1, -0.05) is 6.07 Å². The number of nitrogens with zero attached hydrogens (tertiary/aromatic N) is 1. The van der Waals surface area contributed by atoms with Crippen molar-refractivity contribution >= 4 is 23.7 Å². The van der Waals surface area contributed by atoms with Crippen LogP contribution in [0.4, 0.5) is 4.39 Å². The van der Waals surface area contributed by atoms with E-state index >= 15 is 0 Å². The molecule has 0 unspecified atom stereocenters. The van der Waals surface area contributed by atoms with Crippen LogP contribution in [0.5, 0.6) is 0 Å². The lowest BCUT2D eigenvalue weighted by Crippen LogP contribution is -2.37. The Labute approximate surface area is 131 Å². The summed E-state index contributed by atoms with van der Waals surface area (Å²) in [5.74, 6) is -2.90. The molecule has 0 radical (unpaired) electrons. The third kappa shape index (κ3) is 4.60. The zero-order valence-electron chi connectivity index (χ0n) is 12.2. The van der Waals surface area contributed by atoms with Crippen LogP contribution in [0.2, 0.25) is 0 Å². The topological polar surface area (TPSA) is 92.8 Å². The number of hydrogen-bond donors (Lipinski definition) is 1. The summed E-state index contributed by atoms with van der Waals surface area (Å²) in [5.41, 5.74) is 0.0662. The first kappa shape index (κ1) is 16.6. The minimum absolute atomic E-state index is 0.0662. The number of ether oxygens (including phenoxy) is 1. The highest BCUT2D eigenvalue weighted by atomic mass is 19.1. The smallest absolute Gasteiger partial charge is 0.325 e. The first-order chi connectivity index (χ1) is 11.0. The van der Waals surface area contributed by atoms with Crippen molar-refractivity contribution in [1.29, 1.82) is 0 Å². The van der Waals surface area contributed by atoms with E-state index in [-0.39, 0.29) is 11.5 Å². The second-order valence-electron chi connectivity index (χ2n) is 4.90. The Bertz CT molecular complexity index is 647. The van der Waals surface area contributed by atoms with E-state index in [4.69, 9.17) is 4.74 Å². The second kappa shape index (κ2) is 7.48. The number of benzene rings is 1. The molecule has 8 heteroatoms. The molecule has 0 atom stereocenters. The molecule has 2 rings (SSSR count). The molecule has 0 spiro atoms. The molecule has 1 fully saturated rings. The predicted octanol–water partition coefficient (Wildman–Crippen LogP) is 0.248. The van der Waals surface area contributed by atoms with Crippen LogP contribution < -0.4 is 5.32 Å². The average molecular weight is 322 g/mol. The summed E-state index contributed by atoms with van der Waals surface area (Å²) < 4.78 is 17.7. The van der Waals surface area contributed by atoms with Crippen LogP contribution in [0, 0.1) is 5.82 Å². The summed E-state index contributed by atoms with van der Waals surface area (Å²) in [7, 11) is 0. The number of nitrogens with one attached hydrogen (secondary N) is 1. The maximum absolute atomic E-state index is 13.0. The van der Waals surface area contributed by atoms with Crippen molar-refractivity contribution in [2.24, 2.45) is 0 Å². The van der Waals surface area contributed by atoms with Gasteiger partial charge in [-0.05, 0) is 24.6 Å². The number of hydrogen-bond acceptors (Lipinski definition) is 5. The molecule has 1 aromatic rings. The van der Waals surface area contributed by atoms with Crippen molar-refractivity contribution in [3.05, 3.63) is 35.6 Å². The lowest BCUT2D eigenvalue weighted by molar-refractivity contribution is -0.154. The molecule has 1 saturated heterocycles. The van der Waals surface area contributed by atoms with Gasteiger partial charge in [0.2, 0.25) is 5.91 Å². The predicted molar refractivity (Wildman–Crippen MR) is 75.6 cm³/mol. The summed E-state index contributed by atoms with van der Waals surface area (Å²) in [4.78, 5) is 47.2. The van der Waals surface area contributed by atoms with E-state index in [2.05, 4.69) is 5.32 Å². The summed E-state index contributed by atoms with van der Waals surface area (Å²) in [5, 5.41) is 2.26. The maximum Gasteiger partial charge on any atom is 0.325 e. The number of rotatable bonds is 5. The molecule has 0 aliphatic carbocycles. The zero-order valence-corrected chi connectivity index (χ0v) is 12.2. The monoisotopic (exact) mass is 322 g/mol. The fourth-order valence-corrected chi connectivity index (χ4v) is 2.07. The van der Waals surface area contributed by atoms with Crippen LogP contribution in [-0.2, 0) is 19.1 Å². The number of esters is 1. The first-order valence-corrected chi connectivity index (χ1v) is 7.00. The summed E-state index contributed by atoms with van der Waals surface area (Å²) >= 11 is 0. The second-order valence-corrected chi connectivity index (χ2v) is 4.90. The highest BCUT2D eigenvalue weighted by Gasteiger charge is 2.26. The molecule has 1 aliphatic heterocycles. The van der Waals surface area contributed by atoms with E-state index < -0.39 is 36.8 Å². The third-order valence-corrected chi connectivity index (χ3v) is 3.21. The van der Waals surface area contributed by atoms with Gasteiger partial charge in [0, 0.05) is 18.5 Å². The Hall–Kier alpha value is -2.77.